The van der Waals surface area contributed by atoms with Crippen LogP contribution in [-0.4, -0.2) is 12.6 Å². The standard InChI is InChI=1S/C17H26BrNO/c1-4-19-13(3)14-9-10-17(15(18)11-14)20-16-8-6-5-7-12(16)2/h9-13,16,19H,4-8H2,1-3H3. The molecule has 112 valence electrons. The minimum Gasteiger partial charge on any atom is -0.489 e. The van der Waals surface area contributed by atoms with Crippen molar-refractivity contribution in [1.82, 2.24) is 5.32 Å². The van der Waals surface area contributed by atoms with E-state index in [0.717, 1.165) is 16.8 Å². The Bertz CT molecular complexity index is 435. The molecule has 1 aliphatic carbocycles. The highest BCUT2D eigenvalue weighted by atomic mass is 79.9. The Morgan fingerprint density at radius 2 is 2.10 bits per heavy atom. The van der Waals surface area contributed by atoms with Crippen molar-refractivity contribution >= 4 is 15.9 Å². The lowest BCUT2D eigenvalue weighted by Crippen LogP contribution is -2.28. The molecule has 0 heterocycles. The molecular formula is C17H26BrNO. The number of ether oxygens (including phenoxy) is 1. The molecule has 0 aromatic heterocycles. The molecule has 3 atom stereocenters. The first-order valence-corrected chi connectivity index (χ1v) is 8.60. The van der Waals surface area contributed by atoms with Gasteiger partial charge in [-0.15, -0.1) is 0 Å². The van der Waals surface area contributed by atoms with Crippen LogP contribution in [0.5, 0.6) is 5.75 Å². The van der Waals surface area contributed by atoms with Crippen LogP contribution in [0.15, 0.2) is 22.7 Å². The lowest BCUT2D eigenvalue weighted by Gasteiger charge is -2.29. The van der Waals surface area contributed by atoms with E-state index in [9.17, 15) is 0 Å². The van der Waals surface area contributed by atoms with Gasteiger partial charge in [0.15, 0.2) is 0 Å². The molecule has 1 aromatic carbocycles. The first kappa shape index (κ1) is 15.8. The molecule has 1 saturated carbocycles. The average Bonchev–Trinajstić information content (AvgIpc) is 2.43. The van der Waals surface area contributed by atoms with Crippen molar-refractivity contribution in [2.45, 2.75) is 58.6 Å². The molecule has 2 rings (SSSR count). The lowest BCUT2D eigenvalue weighted by molar-refractivity contribution is 0.102. The third-order valence-corrected chi connectivity index (χ3v) is 4.90. The van der Waals surface area contributed by atoms with Crippen molar-refractivity contribution in [3.05, 3.63) is 28.2 Å². The summed E-state index contributed by atoms with van der Waals surface area (Å²) >= 11 is 3.66. The Morgan fingerprint density at radius 3 is 2.75 bits per heavy atom. The van der Waals surface area contributed by atoms with E-state index in [4.69, 9.17) is 4.74 Å². The van der Waals surface area contributed by atoms with Gasteiger partial charge in [0.2, 0.25) is 0 Å². The average molecular weight is 340 g/mol. The smallest absolute Gasteiger partial charge is 0.133 e. The summed E-state index contributed by atoms with van der Waals surface area (Å²) in [6, 6.07) is 6.82. The quantitative estimate of drug-likeness (QED) is 0.807. The highest BCUT2D eigenvalue weighted by Crippen LogP contribution is 2.33. The topological polar surface area (TPSA) is 21.3 Å². The fraction of sp³-hybridized carbons (Fsp3) is 0.647. The van der Waals surface area contributed by atoms with Crippen molar-refractivity contribution in [2.75, 3.05) is 6.54 Å². The van der Waals surface area contributed by atoms with E-state index in [1.807, 2.05) is 0 Å². The van der Waals surface area contributed by atoms with E-state index in [2.05, 4.69) is 60.2 Å². The predicted octanol–water partition coefficient (Wildman–Crippen LogP) is 5.08. The predicted molar refractivity (Wildman–Crippen MR) is 88.3 cm³/mol. The van der Waals surface area contributed by atoms with Crippen LogP contribution in [-0.2, 0) is 0 Å². The van der Waals surface area contributed by atoms with Gasteiger partial charge in [-0.1, -0.05) is 26.3 Å². The lowest BCUT2D eigenvalue weighted by atomic mass is 9.88. The second kappa shape index (κ2) is 7.46. The maximum absolute atomic E-state index is 6.23. The normalized spacial score (nSPS) is 24.4. The Morgan fingerprint density at radius 1 is 1.35 bits per heavy atom. The summed E-state index contributed by atoms with van der Waals surface area (Å²) in [6.07, 6.45) is 5.49. The first-order chi connectivity index (χ1) is 9.61. The van der Waals surface area contributed by atoms with Gasteiger partial charge in [0, 0.05) is 6.04 Å². The minimum absolute atomic E-state index is 0.372. The van der Waals surface area contributed by atoms with Gasteiger partial charge >= 0.3 is 0 Å². The highest BCUT2D eigenvalue weighted by Gasteiger charge is 2.23. The van der Waals surface area contributed by atoms with E-state index >= 15 is 0 Å². The van der Waals surface area contributed by atoms with E-state index in [1.54, 1.807) is 0 Å². The van der Waals surface area contributed by atoms with Crippen LogP contribution in [0.3, 0.4) is 0 Å². The van der Waals surface area contributed by atoms with Gasteiger partial charge in [-0.2, -0.15) is 0 Å². The molecule has 0 bridgehead atoms. The monoisotopic (exact) mass is 339 g/mol. The Hall–Kier alpha value is -0.540. The van der Waals surface area contributed by atoms with Crippen LogP contribution in [0.1, 0.15) is 58.1 Å². The molecule has 3 heteroatoms. The van der Waals surface area contributed by atoms with Crippen LogP contribution >= 0.6 is 15.9 Å². The fourth-order valence-electron chi connectivity index (χ4n) is 2.93. The van der Waals surface area contributed by atoms with E-state index < -0.39 is 0 Å². The number of hydrogen-bond donors (Lipinski definition) is 1. The van der Waals surface area contributed by atoms with Crippen LogP contribution in [0.2, 0.25) is 0 Å². The van der Waals surface area contributed by atoms with E-state index in [0.29, 0.717) is 18.1 Å². The zero-order valence-corrected chi connectivity index (χ0v) is 14.4. The van der Waals surface area contributed by atoms with Gasteiger partial charge in [0.1, 0.15) is 11.9 Å². The number of nitrogens with one attached hydrogen (secondary N) is 1. The molecule has 20 heavy (non-hydrogen) atoms. The molecule has 0 radical (unpaired) electrons. The molecule has 1 aliphatic rings. The second-order valence-electron chi connectivity index (χ2n) is 5.89. The van der Waals surface area contributed by atoms with Crippen LogP contribution < -0.4 is 10.1 Å². The SMILES string of the molecule is CCNC(C)c1ccc(OC2CCCCC2C)c(Br)c1. The molecular weight excluding hydrogens is 314 g/mol. The van der Waals surface area contributed by atoms with Gasteiger partial charge in [0.05, 0.1) is 4.47 Å². The fourth-order valence-corrected chi connectivity index (χ4v) is 3.42. The van der Waals surface area contributed by atoms with Gasteiger partial charge < -0.3 is 10.1 Å². The largest absolute Gasteiger partial charge is 0.489 e. The minimum atomic E-state index is 0.372. The summed E-state index contributed by atoms with van der Waals surface area (Å²) < 4.78 is 7.29. The van der Waals surface area contributed by atoms with Crippen LogP contribution in [0.4, 0.5) is 0 Å². The first-order valence-electron chi connectivity index (χ1n) is 7.81. The summed E-state index contributed by atoms with van der Waals surface area (Å²) in [5.74, 6) is 1.65. The molecule has 1 N–H and O–H groups in total. The molecule has 3 unspecified atom stereocenters. The van der Waals surface area contributed by atoms with Gasteiger partial charge in [-0.25, -0.2) is 0 Å². The molecule has 2 nitrogen and oxygen atoms in total. The van der Waals surface area contributed by atoms with Crippen molar-refractivity contribution < 1.29 is 4.74 Å². The summed E-state index contributed by atoms with van der Waals surface area (Å²) in [4.78, 5) is 0. The highest BCUT2D eigenvalue weighted by molar-refractivity contribution is 9.10. The van der Waals surface area contributed by atoms with Gasteiger partial charge in [0.25, 0.3) is 0 Å². The Labute approximate surface area is 131 Å². The maximum atomic E-state index is 6.23. The zero-order chi connectivity index (χ0) is 14.5. The molecule has 1 aromatic rings. The molecule has 0 amide bonds. The van der Waals surface area contributed by atoms with Crippen molar-refractivity contribution in [1.29, 1.82) is 0 Å². The Balaban J connectivity index is 2.05. The van der Waals surface area contributed by atoms with Crippen LogP contribution in [0.25, 0.3) is 0 Å². The molecule has 0 saturated heterocycles. The maximum Gasteiger partial charge on any atom is 0.133 e. The second-order valence-corrected chi connectivity index (χ2v) is 6.74. The third-order valence-electron chi connectivity index (χ3n) is 4.28. The third kappa shape index (κ3) is 3.98. The van der Waals surface area contributed by atoms with Crippen LogP contribution in [0, 0.1) is 5.92 Å². The number of hydrogen-bond acceptors (Lipinski definition) is 2. The zero-order valence-electron chi connectivity index (χ0n) is 12.8. The van der Waals surface area contributed by atoms with Gasteiger partial charge in [-0.3, -0.25) is 0 Å². The summed E-state index contributed by atoms with van der Waals surface area (Å²) in [5.41, 5.74) is 1.29. The summed E-state index contributed by atoms with van der Waals surface area (Å²) in [5, 5.41) is 3.44. The summed E-state index contributed by atoms with van der Waals surface area (Å²) in [6.45, 7) is 7.61. The van der Waals surface area contributed by atoms with E-state index in [1.165, 1.54) is 31.2 Å². The molecule has 0 aliphatic heterocycles. The van der Waals surface area contributed by atoms with Crippen molar-refractivity contribution in [3.8, 4) is 5.75 Å². The van der Waals surface area contributed by atoms with Gasteiger partial charge in [-0.05, 0) is 72.3 Å². The number of halogens is 1. The number of benzene rings is 1. The number of rotatable bonds is 5. The molecule has 0 spiro atoms. The van der Waals surface area contributed by atoms with Crippen molar-refractivity contribution in [3.63, 3.8) is 0 Å². The molecule has 1 fully saturated rings. The Kier molecular flexibility index (Phi) is 5.91. The van der Waals surface area contributed by atoms with E-state index in [-0.39, 0.29) is 0 Å². The van der Waals surface area contributed by atoms with Crippen molar-refractivity contribution in [2.24, 2.45) is 5.92 Å². The summed E-state index contributed by atoms with van der Waals surface area (Å²) in [7, 11) is 0.